The number of nitrogens with one attached hydrogen (secondary N) is 1. The average Bonchev–Trinajstić information content (AvgIpc) is 2.67. The molecule has 2 aromatic carbocycles. The van der Waals surface area contributed by atoms with Crippen molar-refractivity contribution in [1.82, 2.24) is 4.98 Å². The molecule has 2 heterocycles. The van der Waals surface area contributed by atoms with E-state index in [4.69, 9.17) is 0 Å². The van der Waals surface area contributed by atoms with Gasteiger partial charge >= 0.3 is 6.18 Å². The molecule has 146 valence electrons. The highest BCUT2D eigenvalue weighted by atomic mass is 19.4. The zero-order valence-corrected chi connectivity index (χ0v) is 15.0. The lowest BCUT2D eigenvalue weighted by molar-refractivity contribution is -0.137. The summed E-state index contributed by atoms with van der Waals surface area (Å²) in [6, 6.07) is 12.1. The number of aliphatic hydroxyl groups excluding tert-OH is 1. The Morgan fingerprint density at radius 2 is 1.89 bits per heavy atom. The number of alkyl halides is 3. The molecule has 2 N–H and O–H groups in total. The van der Waals surface area contributed by atoms with Gasteiger partial charge in [-0.15, -0.1) is 0 Å². The molecule has 0 amide bonds. The minimum absolute atomic E-state index is 0.0581. The summed E-state index contributed by atoms with van der Waals surface area (Å²) in [6.45, 7) is 1.29. The van der Waals surface area contributed by atoms with Crippen LogP contribution in [0, 0.1) is 0 Å². The van der Waals surface area contributed by atoms with Crippen molar-refractivity contribution < 1.29 is 18.3 Å². The van der Waals surface area contributed by atoms with Gasteiger partial charge in [0.1, 0.15) is 0 Å². The van der Waals surface area contributed by atoms with E-state index in [9.17, 15) is 23.1 Å². The summed E-state index contributed by atoms with van der Waals surface area (Å²) in [5, 5.41) is 10.8. The molecule has 0 radical (unpaired) electrons. The van der Waals surface area contributed by atoms with Crippen molar-refractivity contribution in [3.63, 3.8) is 0 Å². The first kappa shape index (κ1) is 18.6. The number of aromatic amines is 1. The molecule has 0 saturated carbocycles. The lowest BCUT2D eigenvalue weighted by Gasteiger charge is -2.32. The first-order valence-electron chi connectivity index (χ1n) is 9.09. The van der Waals surface area contributed by atoms with Crippen LogP contribution in [0.1, 0.15) is 18.4 Å². The van der Waals surface area contributed by atoms with Crippen molar-refractivity contribution in [2.45, 2.75) is 25.1 Å². The zero-order chi connectivity index (χ0) is 19.9. The van der Waals surface area contributed by atoms with Crippen molar-refractivity contribution >= 4 is 16.5 Å². The van der Waals surface area contributed by atoms with Crippen LogP contribution in [0.5, 0.6) is 0 Å². The Hall–Kier alpha value is -2.80. The highest BCUT2D eigenvalue weighted by Gasteiger charge is 2.33. The molecule has 1 aliphatic rings. The van der Waals surface area contributed by atoms with Gasteiger partial charge in [-0.3, -0.25) is 4.79 Å². The third kappa shape index (κ3) is 3.49. The first-order valence-corrected chi connectivity index (χ1v) is 9.09. The fourth-order valence-corrected chi connectivity index (χ4v) is 3.74. The highest BCUT2D eigenvalue weighted by molar-refractivity contribution is 5.88. The number of rotatable bonds is 2. The molecule has 0 aliphatic carbocycles. The SMILES string of the molecule is O=c1[nH]c(-c2ccccc2C(F)(F)F)cc2ccc(N3CCCC(O)C3)cc12. The van der Waals surface area contributed by atoms with Crippen molar-refractivity contribution in [2.24, 2.45) is 0 Å². The Balaban J connectivity index is 1.79. The van der Waals surface area contributed by atoms with Crippen LogP contribution in [0.3, 0.4) is 0 Å². The van der Waals surface area contributed by atoms with E-state index in [1.165, 1.54) is 18.2 Å². The Kier molecular flexibility index (Phi) is 4.63. The Morgan fingerprint density at radius 1 is 1.11 bits per heavy atom. The second-order valence-corrected chi connectivity index (χ2v) is 7.07. The first-order chi connectivity index (χ1) is 13.3. The minimum atomic E-state index is -4.51. The molecule has 1 saturated heterocycles. The molecule has 3 aromatic rings. The third-order valence-corrected chi connectivity index (χ3v) is 5.11. The van der Waals surface area contributed by atoms with E-state index in [-0.39, 0.29) is 11.3 Å². The van der Waals surface area contributed by atoms with Crippen LogP contribution in [-0.2, 0) is 6.18 Å². The van der Waals surface area contributed by atoms with Gasteiger partial charge < -0.3 is 15.0 Å². The predicted molar refractivity (Wildman–Crippen MR) is 102 cm³/mol. The number of benzene rings is 2. The lowest BCUT2D eigenvalue weighted by atomic mass is 10.0. The highest BCUT2D eigenvalue weighted by Crippen LogP contribution is 2.36. The van der Waals surface area contributed by atoms with Gasteiger partial charge in [-0.05, 0) is 42.5 Å². The molecule has 7 heteroatoms. The number of hydrogen-bond acceptors (Lipinski definition) is 3. The molecule has 1 unspecified atom stereocenters. The molecule has 0 spiro atoms. The topological polar surface area (TPSA) is 56.3 Å². The number of aliphatic hydroxyl groups is 1. The number of aromatic nitrogens is 1. The quantitative estimate of drug-likeness (QED) is 0.693. The average molecular weight is 388 g/mol. The van der Waals surface area contributed by atoms with E-state index in [1.54, 1.807) is 18.2 Å². The van der Waals surface area contributed by atoms with Crippen LogP contribution < -0.4 is 10.5 Å². The summed E-state index contributed by atoms with van der Waals surface area (Å²) in [4.78, 5) is 17.2. The van der Waals surface area contributed by atoms with E-state index in [0.717, 1.165) is 31.1 Å². The fraction of sp³-hybridized carbons (Fsp3) is 0.286. The van der Waals surface area contributed by atoms with Gasteiger partial charge in [0.05, 0.1) is 11.7 Å². The summed E-state index contributed by atoms with van der Waals surface area (Å²) >= 11 is 0. The second-order valence-electron chi connectivity index (χ2n) is 7.07. The van der Waals surface area contributed by atoms with Crippen molar-refractivity contribution in [2.75, 3.05) is 18.0 Å². The lowest BCUT2D eigenvalue weighted by Crippen LogP contribution is -2.38. The van der Waals surface area contributed by atoms with Gasteiger partial charge in [0.15, 0.2) is 0 Å². The number of piperidine rings is 1. The van der Waals surface area contributed by atoms with Crippen LogP contribution in [0.2, 0.25) is 0 Å². The van der Waals surface area contributed by atoms with E-state index >= 15 is 0 Å². The van der Waals surface area contributed by atoms with Crippen molar-refractivity contribution in [1.29, 1.82) is 0 Å². The van der Waals surface area contributed by atoms with Gasteiger partial charge in [0.2, 0.25) is 0 Å². The minimum Gasteiger partial charge on any atom is -0.391 e. The van der Waals surface area contributed by atoms with E-state index in [0.29, 0.717) is 17.3 Å². The zero-order valence-electron chi connectivity index (χ0n) is 15.0. The van der Waals surface area contributed by atoms with Crippen LogP contribution in [0.25, 0.3) is 22.0 Å². The van der Waals surface area contributed by atoms with Crippen LogP contribution in [-0.4, -0.2) is 29.3 Å². The monoisotopic (exact) mass is 388 g/mol. The van der Waals surface area contributed by atoms with Gasteiger partial charge in [0, 0.05) is 35.4 Å². The molecule has 1 aromatic heterocycles. The maximum Gasteiger partial charge on any atom is 0.417 e. The number of fused-ring (bicyclic) bond motifs is 1. The van der Waals surface area contributed by atoms with E-state index in [2.05, 4.69) is 4.98 Å². The van der Waals surface area contributed by atoms with Gasteiger partial charge in [-0.1, -0.05) is 24.3 Å². The van der Waals surface area contributed by atoms with E-state index in [1.807, 2.05) is 11.0 Å². The predicted octanol–water partition coefficient (Wildman–Crippen LogP) is 4.18. The van der Waals surface area contributed by atoms with Crippen molar-refractivity contribution in [3.05, 3.63) is 64.4 Å². The van der Waals surface area contributed by atoms with Crippen LogP contribution >= 0.6 is 0 Å². The molecular weight excluding hydrogens is 369 g/mol. The molecule has 1 fully saturated rings. The van der Waals surface area contributed by atoms with Crippen LogP contribution in [0.15, 0.2) is 53.3 Å². The number of hydrogen-bond donors (Lipinski definition) is 2. The summed E-state index contributed by atoms with van der Waals surface area (Å²) in [7, 11) is 0. The maximum atomic E-state index is 13.3. The summed E-state index contributed by atoms with van der Waals surface area (Å²) < 4.78 is 40.0. The Labute approximate surface area is 159 Å². The normalized spacial score (nSPS) is 17.9. The standard InChI is InChI=1S/C21H19F3N2O2/c22-21(23,24)18-6-2-1-5-16(18)19-10-13-7-8-14(11-17(13)20(28)25-19)26-9-3-4-15(27)12-26/h1-2,5-8,10-11,15,27H,3-4,9,12H2,(H,25,28). The maximum absolute atomic E-state index is 13.3. The van der Waals surface area contributed by atoms with E-state index < -0.39 is 23.4 Å². The third-order valence-electron chi connectivity index (χ3n) is 5.11. The van der Waals surface area contributed by atoms with Crippen LogP contribution in [0.4, 0.5) is 18.9 Å². The summed E-state index contributed by atoms with van der Waals surface area (Å²) in [5.74, 6) is 0. The number of H-pyrrole nitrogens is 1. The smallest absolute Gasteiger partial charge is 0.391 e. The summed E-state index contributed by atoms with van der Waals surface area (Å²) in [5.41, 5.74) is -0.336. The molecule has 4 nitrogen and oxygen atoms in total. The van der Waals surface area contributed by atoms with Gasteiger partial charge in [0.25, 0.3) is 5.56 Å². The van der Waals surface area contributed by atoms with Gasteiger partial charge in [-0.25, -0.2) is 0 Å². The van der Waals surface area contributed by atoms with Gasteiger partial charge in [-0.2, -0.15) is 13.2 Å². The molecule has 28 heavy (non-hydrogen) atoms. The Morgan fingerprint density at radius 3 is 2.64 bits per heavy atom. The molecule has 1 aliphatic heterocycles. The number of nitrogens with zero attached hydrogens (tertiary/aromatic N) is 1. The molecule has 4 rings (SSSR count). The Bertz CT molecular complexity index is 1080. The second kappa shape index (κ2) is 6.98. The largest absolute Gasteiger partial charge is 0.417 e. The fourth-order valence-electron chi connectivity index (χ4n) is 3.74. The molecule has 1 atom stereocenters. The van der Waals surface area contributed by atoms with Crippen molar-refractivity contribution in [3.8, 4) is 11.3 Å². The summed E-state index contributed by atoms with van der Waals surface area (Å²) in [6.07, 6.45) is -3.29. The molecule has 0 bridgehead atoms. The number of β-amino-alcohol motifs (C(OH)–C–C–N with tert-alkyl or cyclic N) is 1. The number of halogens is 3. The number of pyridine rings is 1. The molecular formula is C21H19F3N2O2. The number of anilines is 1.